The Hall–Kier alpha value is -3.00. The van der Waals surface area contributed by atoms with Crippen LogP contribution in [0.5, 0.6) is 0 Å². The van der Waals surface area contributed by atoms with Crippen molar-refractivity contribution in [2.75, 3.05) is 13.7 Å². The Balaban J connectivity index is 1.54. The van der Waals surface area contributed by atoms with E-state index in [1.54, 1.807) is 18.0 Å². The Morgan fingerprint density at radius 2 is 1.91 bits per heavy atom. The topological polar surface area (TPSA) is 61.9 Å². The molecule has 0 aliphatic rings. The van der Waals surface area contributed by atoms with E-state index >= 15 is 0 Å². The Morgan fingerprint density at radius 1 is 1.09 bits per heavy atom. The van der Waals surface area contributed by atoms with Crippen molar-refractivity contribution in [3.8, 4) is 16.1 Å². The number of rotatable bonds is 6. The number of ether oxygens (including phenoxy) is 1. The van der Waals surface area contributed by atoms with Gasteiger partial charge < -0.3 is 9.30 Å². The molecule has 3 heterocycles. The standard InChI is InChI=1S/C24H21ClN4O2S/c1-15-27-19-12-18(8-9-21(19)28(15)10-3-11-31-2)29-14-26-20-13-22(32-23(20)24(29)30)16-4-6-17(25)7-5-16/h4-9,12-14H,3,10-11H2,1-2H3. The zero-order valence-corrected chi connectivity index (χ0v) is 19.3. The van der Waals surface area contributed by atoms with Crippen LogP contribution in [0.25, 0.3) is 37.4 Å². The molecule has 0 atom stereocenters. The van der Waals surface area contributed by atoms with Crippen LogP contribution in [0, 0.1) is 6.92 Å². The number of fused-ring (bicyclic) bond motifs is 2. The van der Waals surface area contributed by atoms with E-state index in [4.69, 9.17) is 21.3 Å². The number of nitrogens with zero attached hydrogens (tertiary/aromatic N) is 4. The summed E-state index contributed by atoms with van der Waals surface area (Å²) in [5.41, 5.74) is 4.28. The first kappa shape index (κ1) is 20.9. The summed E-state index contributed by atoms with van der Waals surface area (Å²) in [6.07, 6.45) is 2.51. The van der Waals surface area contributed by atoms with Crippen LogP contribution in [0.15, 0.2) is 59.7 Å². The minimum atomic E-state index is -0.0872. The van der Waals surface area contributed by atoms with Crippen molar-refractivity contribution in [2.24, 2.45) is 0 Å². The number of aryl methyl sites for hydroxylation is 2. The van der Waals surface area contributed by atoms with Gasteiger partial charge in [-0.3, -0.25) is 9.36 Å². The third-order valence-electron chi connectivity index (χ3n) is 5.50. The molecule has 162 valence electrons. The molecule has 0 amide bonds. The zero-order chi connectivity index (χ0) is 22.2. The van der Waals surface area contributed by atoms with Gasteiger partial charge in [0.05, 0.1) is 22.2 Å². The van der Waals surface area contributed by atoms with Crippen LogP contribution in [0.4, 0.5) is 0 Å². The summed E-state index contributed by atoms with van der Waals surface area (Å²) in [6, 6.07) is 15.4. The summed E-state index contributed by atoms with van der Waals surface area (Å²) < 4.78 is 9.56. The molecule has 3 aromatic heterocycles. The molecule has 2 aromatic carbocycles. The maximum absolute atomic E-state index is 13.3. The molecule has 0 saturated heterocycles. The molecule has 5 aromatic rings. The van der Waals surface area contributed by atoms with E-state index in [1.807, 2.05) is 55.5 Å². The number of imidazole rings is 1. The van der Waals surface area contributed by atoms with Crippen molar-refractivity contribution >= 4 is 44.2 Å². The fraction of sp³-hybridized carbons (Fsp3) is 0.208. The molecule has 0 aliphatic heterocycles. The Morgan fingerprint density at radius 3 is 2.69 bits per heavy atom. The van der Waals surface area contributed by atoms with Crippen molar-refractivity contribution in [1.82, 2.24) is 19.1 Å². The molecule has 0 saturated carbocycles. The van der Waals surface area contributed by atoms with Crippen LogP contribution < -0.4 is 5.56 Å². The van der Waals surface area contributed by atoms with Gasteiger partial charge in [-0.05, 0) is 55.3 Å². The van der Waals surface area contributed by atoms with Gasteiger partial charge in [0, 0.05) is 30.2 Å². The van der Waals surface area contributed by atoms with Crippen LogP contribution in [-0.2, 0) is 11.3 Å². The lowest BCUT2D eigenvalue weighted by Crippen LogP contribution is -2.17. The van der Waals surface area contributed by atoms with E-state index in [1.165, 1.54) is 11.3 Å². The molecule has 0 unspecified atom stereocenters. The molecular weight excluding hydrogens is 444 g/mol. The predicted octanol–water partition coefficient (Wildman–Crippen LogP) is 5.46. The van der Waals surface area contributed by atoms with Crippen molar-refractivity contribution in [3.05, 3.63) is 76.1 Å². The maximum Gasteiger partial charge on any atom is 0.275 e. The van der Waals surface area contributed by atoms with Gasteiger partial charge >= 0.3 is 0 Å². The molecule has 0 N–H and O–H groups in total. The molecule has 0 fully saturated rings. The fourth-order valence-electron chi connectivity index (χ4n) is 3.89. The van der Waals surface area contributed by atoms with Gasteiger partial charge in [0.25, 0.3) is 5.56 Å². The number of methoxy groups -OCH3 is 1. The Labute approximate surface area is 193 Å². The first-order chi connectivity index (χ1) is 15.5. The number of halogens is 1. The highest BCUT2D eigenvalue weighted by atomic mass is 35.5. The van der Waals surface area contributed by atoms with Gasteiger partial charge in [-0.1, -0.05) is 23.7 Å². The van der Waals surface area contributed by atoms with Crippen LogP contribution in [-0.4, -0.2) is 32.8 Å². The molecular formula is C24H21ClN4O2S. The van der Waals surface area contributed by atoms with Gasteiger partial charge in [-0.25, -0.2) is 9.97 Å². The first-order valence-corrected chi connectivity index (χ1v) is 11.5. The summed E-state index contributed by atoms with van der Waals surface area (Å²) in [7, 11) is 1.71. The smallest absolute Gasteiger partial charge is 0.275 e. The molecule has 5 rings (SSSR count). The summed E-state index contributed by atoms with van der Waals surface area (Å²) in [5.74, 6) is 0.944. The number of hydrogen-bond donors (Lipinski definition) is 0. The molecule has 0 bridgehead atoms. The highest BCUT2D eigenvalue weighted by Gasteiger charge is 2.13. The largest absolute Gasteiger partial charge is 0.385 e. The minimum absolute atomic E-state index is 0.0872. The molecule has 8 heteroatoms. The predicted molar refractivity (Wildman–Crippen MR) is 130 cm³/mol. The van der Waals surface area contributed by atoms with Crippen LogP contribution in [0.3, 0.4) is 0 Å². The third-order valence-corrected chi connectivity index (χ3v) is 6.91. The maximum atomic E-state index is 13.3. The van der Waals surface area contributed by atoms with Crippen molar-refractivity contribution in [1.29, 1.82) is 0 Å². The van der Waals surface area contributed by atoms with Gasteiger partial charge in [0.1, 0.15) is 16.9 Å². The SMILES string of the molecule is COCCCn1c(C)nc2cc(-n3cnc4cc(-c5ccc(Cl)cc5)sc4c3=O)ccc21. The molecule has 0 radical (unpaired) electrons. The third kappa shape index (κ3) is 3.72. The molecule has 32 heavy (non-hydrogen) atoms. The first-order valence-electron chi connectivity index (χ1n) is 10.3. The van der Waals surface area contributed by atoms with Crippen molar-refractivity contribution < 1.29 is 4.74 Å². The zero-order valence-electron chi connectivity index (χ0n) is 17.7. The quantitative estimate of drug-likeness (QED) is 0.313. The summed E-state index contributed by atoms with van der Waals surface area (Å²) in [4.78, 5) is 23.5. The Bertz CT molecular complexity index is 1480. The second-order valence-corrected chi connectivity index (χ2v) is 9.07. The summed E-state index contributed by atoms with van der Waals surface area (Å²) in [5, 5.41) is 0.683. The second-order valence-electron chi connectivity index (χ2n) is 7.58. The highest BCUT2D eigenvalue weighted by Crippen LogP contribution is 2.31. The molecule has 0 aliphatic carbocycles. The minimum Gasteiger partial charge on any atom is -0.385 e. The van der Waals surface area contributed by atoms with E-state index in [0.717, 1.165) is 46.0 Å². The van der Waals surface area contributed by atoms with Gasteiger partial charge in [0.2, 0.25) is 0 Å². The average Bonchev–Trinajstić information content (AvgIpc) is 3.36. The fourth-order valence-corrected chi connectivity index (χ4v) is 5.06. The van der Waals surface area contributed by atoms with E-state index in [0.29, 0.717) is 21.8 Å². The lowest BCUT2D eigenvalue weighted by molar-refractivity contribution is 0.190. The van der Waals surface area contributed by atoms with Crippen LogP contribution >= 0.6 is 22.9 Å². The van der Waals surface area contributed by atoms with E-state index in [-0.39, 0.29) is 5.56 Å². The normalized spacial score (nSPS) is 11.6. The lowest BCUT2D eigenvalue weighted by atomic mass is 10.2. The molecule has 6 nitrogen and oxygen atoms in total. The van der Waals surface area contributed by atoms with Gasteiger partial charge in [-0.2, -0.15) is 0 Å². The van der Waals surface area contributed by atoms with Crippen LogP contribution in [0.1, 0.15) is 12.2 Å². The van der Waals surface area contributed by atoms with Gasteiger partial charge in [0.15, 0.2) is 0 Å². The van der Waals surface area contributed by atoms with E-state index in [9.17, 15) is 4.79 Å². The number of benzene rings is 2. The molecule has 0 spiro atoms. The number of hydrogen-bond acceptors (Lipinski definition) is 5. The Kier molecular flexibility index (Phi) is 5.55. The summed E-state index contributed by atoms with van der Waals surface area (Å²) in [6.45, 7) is 3.54. The van der Waals surface area contributed by atoms with Gasteiger partial charge in [-0.15, -0.1) is 11.3 Å². The number of aromatic nitrogens is 4. The van der Waals surface area contributed by atoms with E-state index in [2.05, 4.69) is 9.55 Å². The van der Waals surface area contributed by atoms with Crippen molar-refractivity contribution in [2.45, 2.75) is 19.9 Å². The second kappa shape index (κ2) is 8.50. The summed E-state index contributed by atoms with van der Waals surface area (Å²) >= 11 is 7.44. The van der Waals surface area contributed by atoms with Crippen LogP contribution in [0.2, 0.25) is 5.02 Å². The highest BCUT2D eigenvalue weighted by molar-refractivity contribution is 7.22. The lowest BCUT2D eigenvalue weighted by Gasteiger charge is -2.08. The van der Waals surface area contributed by atoms with Crippen molar-refractivity contribution in [3.63, 3.8) is 0 Å². The van der Waals surface area contributed by atoms with E-state index < -0.39 is 0 Å². The monoisotopic (exact) mass is 464 g/mol. The number of thiophene rings is 1. The average molecular weight is 465 g/mol.